The number of benzene rings is 2. The molecular weight excluding hydrogens is 292 g/mol. The Morgan fingerprint density at radius 3 is 2.57 bits per heavy atom. The molecule has 1 aliphatic rings. The van der Waals surface area contributed by atoms with Gasteiger partial charge in [0.15, 0.2) is 17.5 Å². The summed E-state index contributed by atoms with van der Waals surface area (Å²) in [6.07, 6.45) is 0.732. The van der Waals surface area contributed by atoms with E-state index >= 15 is 0 Å². The molecule has 5 N–H and O–H groups in total. The van der Waals surface area contributed by atoms with Crippen molar-refractivity contribution in [2.24, 2.45) is 16.5 Å². The number of aliphatic imine (C=N–C) groups is 1. The summed E-state index contributed by atoms with van der Waals surface area (Å²) in [5.41, 5.74) is 12.7. The third-order valence-corrected chi connectivity index (χ3v) is 3.91. The van der Waals surface area contributed by atoms with Crippen LogP contribution in [-0.2, 0) is 0 Å². The fraction of sp³-hybridized carbons (Fsp3) is 0.235. The Kier molecular flexibility index (Phi) is 3.97. The molecule has 0 spiro atoms. The van der Waals surface area contributed by atoms with E-state index < -0.39 is 0 Å². The average Bonchev–Trinajstić information content (AvgIpc) is 2.52. The van der Waals surface area contributed by atoms with Gasteiger partial charge in [0.05, 0.1) is 6.42 Å². The van der Waals surface area contributed by atoms with E-state index in [9.17, 15) is 9.59 Å². The van der Waals surface area contributed by atoms with Crippen molar-refractivity contribution < 1.29 is 9.59 Å². The van der Waals surface area contributed by atoms with Crippen molar-refractivity contribution in [3.8, 4) is 0 Å². The number of Topliss-reactive ketones (excluding diaryl/α,β-unsaturated/α-hetero) is 2. The van der Waals surface area contributed by atoms with Gasteiger partial charge in [0.1, 0.15) is 0 Å². The maximum Gasteiger partial charge on any atom is 0.185 e. The van der Waals surface area contributed by atoms with E-state index in [1.165, 1.54) is 0 Å². The van der Waals surface area contributed by atoms with Crippen LogP contribution in [0.4, 0.5) is 5.69 Å². The molecule has 0 unspecified atom stereocenters. The standard InChI is InChI=1S/C17H18N4O2/c18-17(19)21-8-2-7-20-13-6-5-12-15(23)9-14(22)11-4-1-3-10(13)16(11)12/h1,3-6,20H,2,7-9H2,(H4,18,19,21). The summed E-state index contributed by atoms with van der Waals surface area (Å²) in [5.74, 6) is -0.139. The van der Waals surface area contributed by atoms with Crippen molar-refractivity contribution in [1.29, 1.82) is 0 Å². The molecule has 0 atom stereocenters. The summed E-state index contributed by atoms with van der Waals surface area (Å²) in [6, 6.07) is 9.23. The van der Waals surface area contributed by atoms with Crippen molar-refractivity contribution >= 4 is 34.0 Å². The number of carbonyl (C=O) groups is 2. The number of anilines is 1. The van der Waals surface area contributed by atoms with E-state index in [1.54, 1.807) is 12.1 Å². The second-order valence-corrected chi connectivity index (χ2v) is 5.50. The van der Waals surface area contributed by atoms with Crippen LogP contribution >= 0.6 is 0 Å². The Bertz CT molecular complexity index is 802. The summed E-state index contributed by atoms with van der Waals surface area (Å²) < 4.78 is 0. The first-order valence-corrected chi connectivity index (χ1v) is 7.49. The summed E-state index contributed by atoms with van der Waals surface area (Å²) in [7, 11) is 0. The molecule has 0 saturated heterocycles. The fourth-order valence-corrected chi connectivity index (χ4v) is 2.87. The van der Waals surface area contributed by atoms with E-state index in [1.807, 2.05) is 18.2 Å². The molecule has 0 fully saturated rings. The van der Waals surface area contributed by atoms with Crippen molar-refractivity contribution in [2.45, 2.75) is 12.8 Å². The van der Waals surface area contributed by atoms with Gasteiger partial charge in [-0.05, 0) is 18.6 Å². The van der Waals surface area contributed by atoms with E-state index in [4.69, 9.17) is 11.5 Å². The molecule has 6 heteroatoms. The highest BCUT2D eigenvalue weighted by molar-refractivity contribution is 6.28. The summed E-state index contributed by atoms with van der Waals surface area (Å²) in [4.78, 5) is 28.1. The smallest absolute Gasteiger partial charge is 0.185 e. The van der Waals surface area contributed by atoms with Crippen molar-refractivity contribution in [1.82, 2.24) is 0 Å². The molecule has 0 bridgehead atoms. The second-order valence-electron chi connectivity index (χ2n) is 5.50. The molecule has 0 saturated carbocycles. The van der Waals surface area contributed by atoms with Gasteiger partial charge in [-0.1, -0.05) is 18.2 Å². The first kappa shape index (κ1) is 15.0. The van der Waals surface area contributed by atoms with Gasteiger partial charge >= 0.3 is 0 Å². The molecule has 0 radical (unpaired) electrons. The molecule has 0 heterocycles. The SMILES string of the molecule is NC(N)=NCCCNc1ccc2c3c(cccc13)C(=O)CC2=O. The predicted octanol–water partition coefficient (Wildman–Crippen LogP) is 1.68. The highest BCUT2D eigenvalue weighted by atomic mass is 16.1. The molecule has 23 heavy (non-hydrogen) atoms. The van der Waals surface area contributed by atoms with Crippen LogP contribution < -0.4 is 16.8 Å². The molecule has 118 valence electrons. The third kappa shape index (κ3) is 2.88. The lowest BCUT2D eigenvalue weighted by atomic mass is 9.86. The number of nitrogens with zero attached hydrogens (tertiary/aromatic N) is 1. The first-order chi connectivity index (χ1) is 11.1. The van der Waals surface area contributed by atoms with Gasteiger partial charge in [0.2, 0.25) is 0 Å². The largest absolute Gasteiger partial charge is 0.384 e. The van der Waals surface area contributed by atoms with Gasteiger partial charge < -0.3 is 16.8 Å². The lowest BCUT2D eigenvalue weighted by Crippen LogP contribution is -2.23. The second kappa shape index (κ2) is 6.08. The van der Waals surface area contributed by atoms with Gasteiger partial charge in [0, 0.05) is 40.7 Å². The van der Waals surface area contributed by atoms with Crippen molar-refractivity contribution in [2.75, 3.05) is 18.4 Å². The van der Waals surface area contributed by atoms with Crippen LogP contribution in [-0.4, -0.2) is 30.6 Å². The van der Waals surface area contributed by atoms with Gasteiger partial charge in [-0.25, -0.2) is 0 Å². The topological polar surface area (TPSA) is 111 Å². The highest BCUT2D eigenvalue weighted by Crippen LogP contribution is 2.34. The minimum atomic E-state index is -0.113. The van der Waals surface area contributed by atoms with Crippen LogP contribution in [0.5, 0.6) is 0 Å². The summed E-state index contributed by atoms with van der Waals surface area (Å²) in [6.45, 7) is 1.24. The predicted molar refractivity (Wildman–Crippen MR) is 91.0 cm³/mol. The first-order valence-electron chi connectivity index (χ1n) is 7.49. The molecular formula is C17H18N4O2. The summed E-state index contributed by atoms with van der Waals surface area (Å²) in [5, 5.41) is 4.96. The van der Waals surface area contributed by atoms with E-state index in [0.29, 0.717) is 24.2 Å². The van der Waals surface area contributed by atoms with Crippen LogP contribution in [0.25, 0.3) is 10.8 Å². The number of ketones is 2. The maximum atomic E-state index is 12.1. The van der Waals surface area contributed by atoms with Crippen molar-refractivity contribution in [3.05, 3.63) is 41.5 Å². The zero-order valence-corrected chi connectivity index (χ0v) is 12.6. The minimum absolute atomic E-state index is 0.0442. The number of hydrogen-bond donors (Lipinski definition) is 3. The van der Waals surface area contributed by atoms with E-state index in [-0.39, 0.29) is 23.9 Å². The molecule has 0 aliphatic heterocycles. The normalized spacial score (nSPS) is 13.2. The number of nitrogens with one attached hydrogen (secondary N) is 1. The Balaban J connectivity index is 1.89. The maximum absolute atomic E-state index is 12.1. The quantitative estimate of drug-likeness (QED) is 0.337. The monoisotopic (exact) mass is 310 g/mol. The van der Waals surface area contributed by atoms with E-state index in [0.717, 1.165) is 22.9 Å². The molecule has 6 nitrogen and oxygen atoms in total. The molecule has 3 rings (SSSR count). The van der Waals surface area contributed by atoms with Gasteiger partial charge in [0.25, 0.3) is 0 Å². The van der Waals surface area contributed by atoms with Crippen LogP contribution in [0, 0.1) is 0 Å². The molecule has 1 aliphatic carbocycles. The zero-order valence-electron chi connectivity index (χ0n) is 12.6. The third-order valence-electron chi connectivity index (χ3n) is 3.91. The Morgan fingerprint density at radius 1 is 1.09 bits per heavy atom. The molecule has 2 aromatic carbocycles. The zero-order chi connectivity index (χ0) is 16.4. The van der Waals surface area contributed by atoms with Crippen LogP contribution in [0.1, 0.15) is 33.6 Å². The number of guanidine groups is 1. The number of nitrogens with two attached hydrogens (primary N) is 2. The van der Waals surface area contributed by atoms with Crippen LogP contribution in [0.15, 0.2) is 35.3 Å². The fourth-order valence-electron chi connectivity index (χ4n) is 2.87. The minimum Gasteiger partial charge on any atom is -0.384 e. The Morgan fingerprint density at radius 2 is 1.83 bits per heavy atom. The lowest BCUT2D eigenvalue weighted by molar-refractivity contribution is 0.0890. The molecule has 0 aromatic heterocycles. The Hall–Kier alpha value is -2.89. The van der Waals surface area contributed by atoms with Crippen LogP contribution in [0.2, 0.25) is 0 Å². The molecule has 2 aromatic rings. The Labute approximate surface area is 133 Å². The number of carbonyl (C=O) groups excluding carboxylic acids is 2. The number of rotatable bonds is 5. The van der Waals surface area contributed by atoms with Gasteiger partial charge in [-0.2, -0.15) is 0 Å². The van der Waals surface area contributed by atoms with Gasteiger partial charge in [-0.15, -0.1) is 0 Å². The van der Waals surface area contributed by atoms with Crippen LogP contribution in [0.3, 0.4) is 0 Å². The summed E-state index contributed by atoms with van der Waals surface area (Å²) >= 11 is 0. The van der Waals surface area contributed by atoms with Gasteiger partial charge in [-0.3, -0.25) is 14.6 Å². The number of hydrogen-bond acceptors (Lipinski definition) is 4. The highest BCUT2D eigenvalue weighted by Gasteiger charge is 2.25. The average molecular weight is 310 g/mol. The lowest BCUT2D eigenvalue weighted by Gasteiger charge is -2.18. The molecule has 0 amide bonds. The van der Waals surface area contributed by atoms with Crippen molar-refractivity contribution in [3.63, 3.8) is 0 Å². The van der Waals surface area contributed by atoms with E-state index in [2.05, 4.69) is 10.3 Å².